The first-order valence-electron chi connectivity index (χ1n) is 7.93. The van der Waals surface area contributed by atoms with Gasteiger partial charge in [0.05, 0.1) is 16.3 Å². The molecule has 0 bridgehead atoms. The molecule has 6 nitrogen and oxygen atoms in total. The van der Waals surface area contributed by atoms with E-state index in [1.54, 1.807) is 6.20 Å². The van der Waals surface area contributed by atoms with Crippen molar-refractivity contribution in [1.82, 2.24) is 20.0 Å². The maximum atomic E-state index is 12.6. The SMILES string of the molecule is C=c1[nH]n(-c2ccccc2)c(=O)/c1=C\Nc1nnc(-c2ccccc2)s1. The fraction of sp³-hybridized carbons (Fsp3) is 0. The van der Waals surface area contributed by atoms with Crippen LogP contribution in [0.2, 0.25) is 0 Å². The Morgan fingerprint density at radius 1 is 1.04 bits per heavy atom. The number of hydrogen-bond acceptors (Lipinski definition) is 5. The molecule has 4 rings (SSSR count). The number of aromatic amines is 1. The Hall–Kier alpha value is -3.45. The smallest absolute Gasteiger partial charge is 0.280 e. The van der Waals surface area contributed by atoms with Crippen molar-refractivity contribution in [2.24, 2.45) is 0 Å². The lowest BCUT2D eigenvalue weighted by molar-refractivity contribution is 0.838. The van der Waals surface area contributed by atoms with Crippen molar-refractivity contribution in [1.29, 1.82) is 0 Å². The van der Waals surface area contributed by atoms with Crippen LogP contribution in [-0.2, 0) is 0 Å². The maximum absolute atomic E-state index is 12.6. The number of para-hydroxylation sites is 1. The second kappa shape index (κ2) is 6.81. The van der Waals surface area contributed by atoms with Crippen LogP contribution in [0, 0.1) is 0 Å². The van der Waals surface area contributed by atoms with Crippen LogP contribution in [-0.4, -0.2) is 20.0 Å². The van der Waals surface area contributed by atoms with Crippen LogP contribution < -0.4 is 21.4 Å². The summed E-state index contributed by atoms with van der Waals surface area (Å²) in [5.74, 6) is 0. The lowest BCUT2D eigenvalue weighted by Gasteiger charge is -1.98. The summed E-state index contributed by atoms with van der Waals surface area (Å²) in [4.78, 5) is 12.6. The van der Waals surface area contributed by atoms with Crippen LogP contribution in [0.4, 0.5) is 5.13 Å². The van der Waals surface area contributed by atoms with E-state index in [1.165, 1.54) is 16.0 Å². The van der Waals surface area contributed by atoms with Crippen LogP contribution in [0.25, 0.3) is 29.0 Å². The first kappa shape index (κ1) is 16.0. The Morgan fingerprint density at radius 3 is 2.46 bits per heavy atom. The zero-order chi connectivity index (χ0) is 17.9. The molecule has 0 aliphatic heterocycles. The molecule has 2 N–H and O–H groups in total. The second-order valence-electron chi connectivity index (χ2n) is 5.55. The average molecular weight is 361 g/mol. The zero-order valence-corrected chi connectivity index (χ0v) is 14.5. The van der Waals surface area contributed by atoms with E-state index in [0.29, 0.717) is 15.7 Å². The average Bonchev–Trinajstić information content (AvgIpc) is 3.26. The van der Waals surface area contributed by atoms with E-state index in [9.17, 15) is 4.79 Å². The van der Waals surface area contributed by atoms with Gasteiger partial charge in [-0.2, -0.15) is 0 Å². The zero-order valence-electron chi connectivity index (χ0n) is 13.7. The number of hydrogen-bond donors (Lipinski definition) is 2. The minimum absolute atomic E-state index is 0.179. The summed E-state index contributed by atoms with van der Waals surface area (Å²) in [6.07, 6.45) is 1.61. The molecular weight excluding hydrogens is 346 g/mol. The van der Waals surface area contributed by atoms with Gasteiger partial charge in [-0.1, -0.05) is 66.4 Å². The Kier molecular flexibility index (Phi) is 4.20. The minimum Gasteiger partial charge on any atom is -0.336 e. The van der Waals surface area contributed by atoms with E-state index in [2.05, 4.69) is 27.2 Å². The number of anilines is 1. The number of nitrogens with one attached hydrogen (secondary N) is 2. The molecule has 0 fully saturated rings. The van der Waals surface area contributed by atoms with Gasteiger partial charge in [-0.25, -0.2) is 4.68 Å². The minimum atomic E-state index is -0.179. The molecule has 26 heavy (non-hydrogen) atoms. The molecule has 0 aliphatic carbocycles. The molecule has 7 heteroatoms. The molecular formula is C19H15N5OS. The van der Waals surface area contributed by atoms with E-state index in [1.807, 2.05) is 60.7 Å². The molecule has 128 valence electrons. The van der Waals surface area contributed by atoms with E-state index >= 15 is 0 Å². The van der Waals surface area contributed by atoms with E-state index < -0.39 is 0 Å². The van der Waals surface area contributed by atoms with Crippen molar-refractivity contribution in [3.8, 4) is 16.3 Å². The van der Waals surface area contributed by atoms with E-state index in [0.717, 1.165) is 16.3 Å². The summed E-state index contributed by atoms with van der Waals surface area (Å²) in [5.41, 5.74) is 1.58. The largest absolute Gasteiger partial charge is 0.336 e. The highest BCUT2D eigenvalue weighted by molar-refractivity contribution is 7.18. The van der Waals surface area contributed by atoms with Crippen molar-refractivity contribution in [3.63, 3.8) is 0 Å². The van der Waals surface area contributed by atoms with Crippen molar-refractivity contribution in [3.05, 3.63) is 81.6 Å². The van der Waals surface area contributed by atoms with Gasteiger partial charge in [-0.3, -0.25) is 9.89 Å². The molecule has 4 aromatic rings. The number of benzene rings is 2. The molecule has 0 saturated carbocycles. The van der Waals surface area contributed by atoms with Gasteiger partial charge in [-0.15, -0.1) is 10.2 Å². The molecule has 2 heterocycles. The molecule has 0 amide bonds. The second-order valence-corrected chi connectivity index (χ2v) is 6.52. The first-order valence-corrected chi connectivity index (χ1v) is 8.75. The van der Waals surface area contributed by atoms with Crippen molar-refractivity contribution < 1.29 is 0 Å². The van der Waals surface area contributed by atoms with Gasteiger partial charge in [0.2, 0.25) is 5.13 Å². The fourth-order valence-corrected chi connectivity index (χ4v) is 3.23. The predicted octanol–water partition coefficient (Wildman–Crippen LogP) is 1.94. The summed E-state index contributed by atoms with van der Waals surface area (Å²) in [5, 5.41) is 16.7. The molecule has 2 aromatic carbocycles. The molecule has 0 atom stereocenters. The molecule has 0 aliphatic rings. The Labute approximate surface area is 152 Å². The van der Waals surface area contributed by atoms with Crippen molar-refractivity contribution in [2.75, 3.05) is 5.32 Å². The molecule has 2 aromatic heterocycles. The van der Waals surface area contributed by atoms with Crippen LogP contribution >= 0.6 is 11.3 Å². The maximum Gasteiger partial charge on any atom is 0.280 e. The number of rotatable bonds is 4. The van der Waals surface area contributed by atoms with E-state index in [4.69, 9.17) is 0 Å². The van der Waals surface area contributed by atoms with Gasteiger partial charge < -0.3 is 5.32 Å². The Balaban J connectivity index is 1.64. The molecule has 0 radical (unpaired) electrons. The topological polar surface area (TPSA) is 75.6 Å². The lowest BCUT2D eigenvalue weighted by atomic mass is 10.2. The molecule has 0 unspecified atom stereocenters. The van der Waals surface area contributed by atoms with Gasteiger partial charge in [0.25, 0.3) is 5.56 Å². The van der Waals surface area contributed by atoms with Gasteiger partial charge >= 0.3 is 0 Å². The Morgan fingerprint density at radius 2 is 1.73 bits per heavy atom. The van der Waals surface area contributed by atoms with Crippen molar-refractivity contribution in [2.45, 2.75) is 0 Å². The highest BCUT2D eigenvalue weighted by Crippen LogP contribution is 2.25. The molecule has 0 saturated heterocycles. The summed E-state index contributed by atoms with van der Waals surface area (Å²) < 4.78 is 1.46. The van der Waals surface area contributed by atoms with Gasteiger partial charge in [-0.05, 0) is 12.1 Å². The lowest BCUT2D eigenvalue weighted by Crippen LogP contribution is -2.34. The van der Waals surface area contributed by atoms with Gasteiger partial charge in [0, 0.05) is 11.8 Å². The van der Waals surface area contributed by atoms with Crippen LogP contribution in [0.5, 0.6) is 0 Å². The number of aromatic nitrogens is 4. The normalized spacial score (nSPS) is 11.6. The molecule has 0 spiro atoms. The first-order chi connectivity index (χ1) is 12.7. The fourth-order valence-electron chi connectivity index (χ4n) is 2.52. The van der Waals surface area contributed by atoms with E-state index in [-0.39, 0.29) is 5.56 Å². The van der Waals surface area contributed by atoms with Gasteiger partial charge in [0.1, 0.15) is 5.01 Å². The van der Waals surface area contributed by atoms with Gasteiger partial charge in [0.15, 0.2) is 0 Å². The van der Waals surface area contributed by atoms with Crippen LogP contribution in [0.3, 0.4) is 0 Å². The highest BCUT2D eigenvalue weighted by Gasteiger charge is 2.06. The van der Waals surface area contributed by atoms with Crippen molar-refractivity contribution >= 4 is 29.2 Å². The predicted molar refractivity (Wildman–Crippen MR) is 105 cm³/mol. The monoisotopic (exact) mass is 361 g/mol. The third kappa shape index (κ3) is 3.07. The van der Waals surface area contributed by atoms with Crippen LogP contribution in [0.15, 0.2) is 65.5 Å². The standard InChI is InChI=1S/C19H15N5OS/c1-13-16(18(25)24(23-13)15-10-6-3-7-11-15)12-20-19-22-21-17(26-19)14-8-4-2-5-9-14/h2-12,23H,1H2,(H,20,22)/b16-12-. The summed E-state index contributed by atoms with van der Waals surface area (Å²) >= 11 is 1.42. The number of H-pyrrole nitrogens is 1. The Bertz CT molecular complexity index is 1190. The number of nitrogens with zero attached hydrogens (tertiary/aromatic N) is 3. The quantitative estimate of drug-likeness (QED) is 0.583. The third-order valence-electron chi connectivity index (χ3n) is 3.81. The third-order valence-corrected chi connectivity index (χ3v) is 4.71. The summed E-state index contributed by atoms with van der Waals surface area (Å²) in [7, 11) is 0. The van der Waals surface area contributed by atoms with Crippen LogP contribution in [0.1, 0.15) is 0 Å². The highest BCUT2D eigenvalue weighted by atomic mass is 32.1. The summed E-state index contributed by atoms with van der Waals surface area (Å²) in [6.45, 7) is 3.91. The summed E-state index contributed by atoms with van der Waals surface area (Å²) in [6, 6.07) is 19.2.